The fraction of sp³-hybridized carbons (Fsp3) is 0.294. The zero-order chi connectivity index (χ0) is 15.1. The van der Waals surface area contributed by atoms with Crippen molar-refractivity contribution >= 4 is 11.8 Å². The van der Waals surface area contributed by atoms with E-state index in [9.17, 15) is 4.39 Å². The fourth-order valence-corrected chi connectivity index (χ4v) is 3.16. The van der Waals surface area contributed by atoms with Crippen LogP contribution in [0.15, 0.2) is 53.4 Å². The van der Waals surface area contributed by atoms with Gasteiger partial charge in [0.1, 0.15) is 11.6 Å². The van der Waals surface area contributed by atoms with Crippen molar-refractivity contribution in [2.45, 2.75) is 17.9 Å². The summed E-state index contributed by atoms with van der Waals surface area (Å²) in [6.07, 6.45) is 0. The molecule has 0 aliphatic rings. The van der Waals surface area contributed by atoms with Gasteiger partial charge >= 0.3 is 0 Å². The van der Waals surface area contributed by atoms with Crippen LogP contribution in [0.5, 0.6) is 5.75 Å². The normalized spacial score (nSPS) is 12.1. The summed E-state index contributed by atoms with van der Waals surface area (Å²) >= 11 is 1.64. The molecule has 0 bridgehead atoms. The van der Waals surface area contributed by atoms with Gasteiger partial charge in [0.15, 0.2) is 0 Å². The molecule has 0 radical (unpaired) electrons. The summed E-state index contributed by atoms with van der Waals surface area (Å²) in [6, 6.07) is 15.0. The van der Waals surface area contributed by atoms with Crippen molar-refractivity contribution in [3.8, 4) is 5.75 Å². The molecule has 0 amide bonds. The van der Waals surface area contributed by atoms with Gasteiger partial charge in [0.2, 0.25) is 0 Å². The Kier molecular flexibility index (Phi) is 6.08. The third kappa shape index (κ3) is 4.76. The van der Waals surface area contributed by atoms with Crippen LogP contribution in [-0.2, 0) is 0 Å². The summed E-state index contributed by atoms with van der Waals surface area (Å²) in [6.45, 7) is 2.63. The van der Waals surface area contributed by atoms with Crippen LogP contribution in [-0.4, -0.2) is 19.4 Å². The van der Waals surface area contributed by atoms with Crippen LogP contribution in [0, 0.1) is 5.82 Å². The number of thioether (sulfide) groups is 1. The van der Waals surface area contributed by atoms with Crippen molar-refractivity contribution in [2.75, 3.05) is 19.4 Å². The lowest BCUT2D eigenvalue weighted by Crippen LogP contribution is -2.18. The van der Waals surface area contributed by atoms with E-state index in [0.29, 0.717) is 6.61 Å². The van der Waals surface area contributed by atoms with Gasteiger partial charge in [-0.2, -0.15) is 0 Å². The number of halogens is 1. The van der Waals surface area contributed by atoms with Crippen LogP contribution in [0.1, 0.15) is 18.5 Å². The molecule has 0 saturated carbocycles. The highest BCUT2D eigenvalue weighted by atomic mass is 32.2. The summed E-state index contributed by atoms with van der Waals surface area (Å²) in [5, 5.41) is 3.30. The molecule has 4 heteroatoms. The van der Waals surface area contributed by atoms with Crippen molar-refractivity contribution in [3.05, 3.63) is 59.9 Å². The molecule has 2 aromatic carbocycles. The number of nitrogens with one attached hydrogen (secondary N) is 1. The van der Waals surface area contributed by atoms with Gasteiger partial charge in [0.05, 0.1) is 6.61 Å². The Hall–Kier alpha value is -1.52. The molecule has 0 aliphatic heterocycles. The second kappa shape index (κ2) is 8.05. The number of ether oxygens (including phenoxy) is 1. The predicted molar refractivity (Wildman–Crippen MR) is 86.5 cm³/mol. The molecule has 1 N–H and O–H groups in total. The molecule has 0 heterocycles. The summed E-state index contributed by atoms with van der Waals surface area (Å²) in [5.74, 6) is 1.51. The monoisotopic (exact) mass is 305 g/mol. The van der Waals surface area contributed by atoms with Gasteiger partial charge in [-0.05, 0) is 49.9 Å². The average molecular weight is 305 g/mol. The Labute approximate surface area is 129 Å². The molecule has 1 atom stereocenters. The van der Waals surface area contributed by atoms with Gasteiger partial charge in [-0.3, -0.25) is 0 Å². The van der Waals surface area contributed by atoms with E-state index >= 15 is 0 Å². The highest BCUT2D eigenvalue weighted by molar-refractivity contribution is 7.99. The lowest BCUT2D eigenvalue weighted by molar-refractivity contribution is 0.339. The first-order chi connectivity index (χ1) is 10.2. The highest BCUT2D eigenvalue weighted by Crippen LogP contribution is 2.26. The number of benzene rings is 2. The molecule has 0 spiro atoms. The number of hydrogen-bond donors (Lipinski definition) is 1. The van der Waals surface area contributed by atoms with E-state index < -0.39 is 0 Å². The maximum atomic E-state index is 13.2. The number of rotatable bonds is 7. The van der Waals surface area contributed by atoms with E-state index in [4.69, 9.17) is 4.74 Å². The molecule has 112 valence electrons. The van der Waals surface area contributed by atoms with Crippen molar-refractivity contribution in [2.24, 2.45) is 0 Å². The lowest BCUT2D eigenvalue weighted by Gasteiger charge is -2.17. The minimum atomic E-state index is -0.195. The third-order valence-corrected chi connectivity index (χ3v) is 4.22. The first kappa shape index (κ1) is 15.9. The molecule has 1 unspecified atom stereocenters. The quantitative estimate of drug-likeness (QED) is 0.772. The van der Waals surface area contributed by atoms with Crippen molar-refractivity contribution in [1.82, 2.24) is 5.32 Å². The number of hydrogen-bond acceptors (Lipinski definition) is 3. The van der Waals surface area contributed by atoms with Crippen LogP contribution in [0.2, 0.25) is 0 Å². The first-order valence-electron chi connectivity index (χ1n) is 7.01. The van der Waals surface area contributed by atoms with Crippen molar-refractivity contribution in [3.63, 3.8) is 0 Å². The largest absolute Gasteiger partial charge is 0.494 e. The molecular weight excluding hydrogens is 285 g/mol. The van der Waals surface area contributed by atoms with Gasteiger partial charge in [0, 0.05) is 16.7 Å². The van der Waals surface area contributed by atoms with Gasteiger partial charge in [-0.15, -0.1) is 11.8 Å². The van der Waals surface area contributed by atoms with E-state index in [1.165, 1.54) is 11.6 Å². The predicted octanol–water partition coefficient (Wildman–Crippen LogP) is 4.28. The molecule has 21 heavy (non-hydrogen) atoms. The topological polar surface area (TPSA) is 21.3 Å². The van der Waals surface area contributed by atoms with E-state index in [-0.39, 0.29) is 11.9 Å². The van der Waals surface area contributed by atoms with Crippen LogP contribution < -0.4 is 10.1 Å². The molecule has 2 rings (SSSR count). The summed E-state index contributed by atoms with van der Waals surface area (Å²) in [7, 11) is 1.93. The molecule has 0 fully saturated rings. The summed E-state index contributed by atoms with van der Waals surface area (Å²) in [5.41, 5.74) is 1.17. The summed E-state index contributed by atoms with van der Waals surface area (Å²) < 4.78 is 18.7. The molecule has 2 nitrogen and oxygen atoms in total. The van der Waals surface area contributed by atoms with E-state index in [1.54, 1.807) is 23.9 Å². The Morgan fingerprint density at radius 1 is 1.19 bits per heavy atom. The van der Waals surface area contributed by atoms with E-state index in [0.717, 1.165) is 16.4 Å². The highest BCUT2D eigenvalue weighted by Gasteiger charge is 2.11. The lowest BCUT2D eigenvalue weighted by atomic mass is 10.1. The fourth-order valence-electron chi connectivity index (χ4n) is 2.07. The maximum Gasteiger partial charge on any atom is 0.124 e. The van der Waals surface area contributed by atoms with Crippen LogP contribution in [0.25, 0.3) is 0 Å². The van der Waals surface area contributed by atoms with Gasteiger partial charge in [-0.1, -0.05) is 18.2 Å². The van der Waals surface area contributed by atoms with Crippen molar-refractivity contribution < 1.29 is 9.13 Å². The second-order valence-electron chi connectivity index (χ2n) is 4.62. The molecular formula is C17H20FNOS. The molecule has 0 saturated heterocycles. The SMILES string of the molecule is CCOc1cccc(C(CSc2cccc(F)c2)NC)c1. The van der Waals surface area contributed by atoms with Crippen molar-refractivity contribution in [1.29, 1.82) is 0 Å². The van der Waals surface area contributed by atoms with Crippen LogP contribution in [0.4, 0.5) is 4.39 Å². The first-order valence-corrected chi connectivity index (χ1v) is 8.00. The Morgan fingerprint density at radius 2 is 2.00 bits per heavy atom. The minimum absolute atomic E-state index is 0.193. The molecule has 0 aliphatic carbocycles. The molecule has 0 aromatic heterocycles. The zero-order valence-corrected chi connectivity index (χ0v) is 13.1. The smallest absolute Gasteiger partial charge is 0.124 e. The molecule has 2 aromatic rings. The Bertz CT molecular complexity index is 576. The minimum Gasteiger partial charge on any atom is -0.494 e. The van der Waals surface area contributed by atoms with E-state index in [1.807, 2.05) is 32.2 Å². The van der Waals surface area contributed by atoms with Crippen LogP contribution in [0.3, 0.4) is 0 Å². The third-order valence-electron chi connectivity index (χ3n) is 3.13. The summed E-state index contributed by atoms with van der Waals surface area (Å²) in [4.78, 5) is 0.941. The average Bonchev–Trinajstić information content (AvgIpc) is 2.49. The van der Waals surface area contributed by atoms with Gasteiger partial charge in [0.25, 0.3) is 0 Å². The Balaban J connectivity index is 2.04. The second-order valence-corrected chi connectivity index (χ2v) is 5.71. The van der Waals surface area contributed by atoms with Gasteiger partial charge < -0.3 is 10.1 Å². The van der Waals surface area contributed by atoms with Crippen LogP contribution >= 0.6 is 11.8 Å². The Morgan fingerprint density at radius 3 is 2.71 bits per heavy atom. The van der Waals surface area contributed by atoms with E-state index in [2.05, 4.69) is 17.4 Å². The maximum absolute atomic E-state index is 13.2. The zero-order valence-electron chi connectivity index (χ0n) is 12.3. The standard InChI is InChI=1S/C17H20FNOS/c1-3-20-15-8-4-6-13(10-15)17(19-2)12-21-16-9-5-7-14(18)11-16/h4-11,17,19H,3,12H2,1-2H3. The van der Waals surface area contributed by atoms with Gasteiger partial charge in [-0.25, -0.2) is 4.39 Å².